The van der Waals surface area contributed by atoms with Crippen LogP contribution in [0.1, 0.15) is 13.8 Å². The van der Waals surface area contributed by atoms with E-state index in [0.717, 1.165) is 13.2 Å². The molecule has 15 heavy (non-hydrogen) atoms. The van der Waals surface area contributed by atoms with Gasteiger partial charge in [0.25, 0.3) is 10.1 Å². The normalized spacial score (nSPS) is 11.4. The molecule has 0 radical (unpaired) electrons. The summed E-state index contributed by atoms with van der Waals surface area (Å²) in [5.41, 5.74) is -0.875. The number of rotatable bonds is 5. The number of hydrogen-bond donors (Lipinski definition) is 1. The molecule has 0 atom stereocenters. The van der Waals surface area contributed by atoms with E-state index in [1.165, 1.54) is 0 Å². The topological polar surface area (TPSA) is 72.5 Å². The zero-order valence-corrected chi connectivity index (χ0v) is 9.35. The van der Waals surface area contributed by atoms with E-state index in [1.54, 1.807) is 13.8 Å². The summed E-state index contributed by atoms with van der Waals surface area (Å²) in [5, 5.41) is 2.48. The Hall–Kier alpha value is 0.120. The molecule has 84 valence electrons. The van der Waals surface area contributed by atoms with E-state index in [2.05, 4.69) is 16.1 Å². The SMILES string of the molecule is C=CC(=O)NC(C)(C)CS(=O)(=O)OC.[NaH]. The zero-order valence-electron chi connectivity index (χ0n) is 8.53. The molecule has 0 spiro atoms. The van der Waals surface area contributed by atoms with Crippen LogP contribution in [0.2, 0.25) is 0 Å². The maximum atomic E-state index is 11.1. The van der Waals surface area contributed by atoms with Crippen molar-refractivity contribution in [3.05, 3.63) is 12.7 Å². The van der Waals surface area contributed by atoms with E-state index in [9.17, 15) is 13.2 Å². The van der Waals surface area contributed by atoms with Gasteiger partial charge in [-0.1, -0.05) is 6.58 Å². The fourth-order valence-electron chi connectivity index (χ4n) is 0.921. The Morgan fingerprint density at radius 2 is 2.00 bits per heavy atom. The molecular weight excluding hydrogens is 229 g/mol. The van der Waals surface area contributed by atoms with Crippen LogP contribution in [-0.2, 0) is 19.1 Å². The molecule has 0 aliphatic heterocycles. The van der Waals surface area contributed by atoms with Gasteiger partial charge in [-0.2, -0.15) is 8.42 Å². The van der Waals surface area contributed by atoms with E-state index in [4.69, 9.17) is 0 Å². The Bertz CT molecular complexity index is 324. The third-order valence-electron chi connectivity index (χ3n) is 1.44. The molecule has 1 N–H and O–H groups in total. The molecule has 0 aliphatic rings. The third kappa shape index (κ3) is 7.98. The minimum absolute atomic E-state index is 0. The predicted octanol–water partition coefficient (Wildman–Crippen LogP) is -0.605. The van der Waals surface area contributed by atoms with E-state index >= 15 is 0 Å². The fraction of sp³-hybridized carbons (Fsp3) is 0.625. The summed E-state index contributed by atoms with van der Waals surface area (Å²) in [4.78, 5) is 10.9. The summed E-state index contributed by atoms with van der Waals surface area (Å²) in [6.45, 7) is 6.45. The molecule has 1 amide bonds. The van der Waals surface area contributed by atoms with Gasteiger partial charge in [0.05, 0.1) is 18.4 Å². The molecule has 0 aromatic carbocycles. The van der Waals surface area contributed by atoms with Gasteiger partial charge in [-0.05, 0) is 19.9 Å². The molecule has 0 rings (SSSR count). The van der Waals surface area contributed by atoms with Gasteiger partial charge in [-0.3, -0.25) is 8.98 Å². The molecule has 0 aromatic rings. The first-order chi connectivity index (χ1) is 6.22. The molecule has 0 bridgehead atoms. The first-order valence-electron chi connectivity index (χ1n) is 3.95. The molecule has 7 heteroatoms. The van der Waals surface area contributed by atoms with Crippen molar-refractivity contribution in [1.82, 2.24) is 5.32 Å². The van der Waals surface area contributed by atoms with Gasteiger partial charge in [0.15, 0.2) is 0 Å². The molecule has 0 fully saturated rings. The second-order valence-corrected chi connectivity index (χ2v) is 5.18. The quantitative estimate of drug-likeness (QED) is 0.398. The van der Waals surface area contributed by atoms with Gasteiger partial charge < -0.3 is 5.32 Å². The van der Waals surface area contributed by atoms with Crippen molar-refractivity contribution in [1.29, 1.82) is 0 Å². The minimum atomic E-state index is -3.58. The first-order valence-corrected chi connectivity index (χ1v) is 5.53. The van der Waals surface area contributed by atoms with Crippen LogP contribution in [0.25, 0.3) is 0 Å². The standard InChI is InChI=1S/C8H15NO4S.Na.H/c1-5-7(10)9-8(2,3)6-14(11,12)13-4;;/h5H,1,6H2,2-4H3,(H,9,10);;. The van der Waals surface area contributed by atoms with Crippen molar-refractivity contribution in [2.24, 2.45) is 0 Å². The van der Waals surface area contributed by atoms with Crippen LogP contribution in [0.5, 0.6) is 0 Å². The summed E-state index contributed by atoms with van der Waals surface area (Å²) in [5.74, 6) is -0.697. The average Bonchev–Trinajstić information content (AvgIpc) is 2.01. The third-order valence-corrected chi connectivity index (χ3v) is 3.02. The summed E-state index contributed by atoms with van der Waals surface area (Å²) in [7, 11) is -2.50. The first kappa shape index (κ1) is 17.5. The number of carbonyl (C=O) groups is 1. The van der Waals surface area contributed by atoms with Crippen LogP contribution in [0.3, 0.4) is 0 Å². The van der Waals surface area contributed by atoms with Gasteiger partial charge in [-0.25, -0.2) is 0 Å². The monoisotopic (exact) mass is 245 g/mol. The second kappa shape index (κ2) is 6.65. The summed E-state index contributed by atoms with van der Waals surface area (Å²) in [6, 6.07) is 0. The zero-order chi connectivity index (χ0) is 11.4. The molecule has 0 saturated heterocycles. The van der Waals surface area contributed by atoms with Gasteiger partial charge in [0.1, 0.15) is 0 Å². The Labute approximate surface area is 113 Å². The Morgan fingerprint density at radius 1 is 1.53 bits per heavy atom. The van der Waals surface area contributed by atoms with Crippen molar-refractivity contribution in [3.63, 3.8) is 0 Å². The van der Waals surface area contributed by atoms with Crippen LogP contribution in [0.15, 0.2) is 12.7 Å². The van der Waals surface area contributed by atoms with Gasteiger partial charge in [0.2, 0.25) is 5.91 Å². The van der Waals surface area contributed by atoms with Crippen LogP contribution in [0.4, 0.5) is 0 Å². The van der Waals surface area contributed by atoms with Crippen molar-refractivity contribution >= 4 is 45.6 Å². The van der Waals surface area contributed by atoms with Gasteiger partial charge in [-0.15, -0.1) is 0 Å². The predicted molar refractivity (Wildman–Crippen MR) is 60.4 cm³/mol. The molecule has 0 heterocycles. The molecule has 0 saturated carbocycles. The Kier molecular flexibility index (Phi) is 7.76. The molecule has 0 aliphatic carbocycles. The Morgan fingerprint density at radius 3 is 2.33 bits per heavy atom. The van der Waals surface area contributed by atoms with Crippen molar-refractivity contribution in [2.45, 2.75) is 19.4 Å². The number of hydrogen-bond acceptors (Lipinski definition) is 4. The number of nitrogens with one attached hydrogen (secondary N) is 1. The number of amides is 1. The van der Waals surface area contributed by atoms with Crippen LogP contribution in [0, 0.1) is 0 Å². The van der Waals surface area contributed by atoms with E-state index in [0.29, 0.717) is 0 Å². The maximum absolute atomic E-state index is 11.1. The van der Waals surface area contributed by atoms with Crippen molar-refractivity contribution < 1.29 is 17.4 Å². The summed E-state index contributed by atoms with van der Waals surface area (Å²) in [6.07, 6.45) is 1.08. The van der Waals surface area contributed by atoms with Gasteiger partial charge in [0, 0.05) is 0 Å². The van der Waals surface area contributed by atoms with E-state index in [-0.39, 0.29) is 35.3 Å². The fourth-order valence-corrected chi connectivity index (χ4v) is 2.00. The van der Waals surface area contributed by atoms with Crippen molar-refractivity contribution in [3.8, 4) is 0 Å². The average molecular weight is 245 g/mol. The van der Waals surface area contributed by atoms with Gasteiger partial charge >= 0.3 is 29.6 Å². The van der Waals surface area contributed by atoms with Crippen LogP contribution in [-0.4, -0.2) is 62.3 Å². The van der Waals surface area contributed by atoms with E-state index in [1.807, 2.05) is 0 Å². The van der Waals surface area contributed by atoms with Crippen LogP contribution >= 0.6 is 0 Å². The Balaban J connectivity index is 0. The summed E-state index contributed by atoms with van der Waals surface area (Å²) >= 11 is 0. The van der Waals surface area contributed by atoms with Crippen LogP contribution < -0.4 is 5.32 Å². The van der Waals surface area contributed by atoms with E-state index < -0.39 is 21.6 Å². The molecule has 5 nitrogen and oxygen atoms in total. The summed E-state index contributed by atoms with van der Waals surface area (Å²) < 4.78 is 26.5. The molecule has 0 aromatic heterocycles. The number of carbonyl (C=O) groups excluding carboxylic acids is 1. The van der Waals surface area contributed by atoms with Crippen molar-refractivity contribution in [2.75, 3.05) is 12.9 Å². The molecular formula is C8H16NNaO4S. The molecule has 0 unspecified atom stereocenters. The second-order valence-electron chi connectivity index (χ2n) is 3.45.